The fourth-order valence-electron chi connectivity index (χ4n) is 1.83. The quantitative estimate of drug-likeness (QED) is 0.520. The Morgan fingerprint density at radius 2 is 1.26 bits per heavy atom. The van der Waals surface area contributed by atoms with Crippen LogP contribution < -0.4 is 0 Å². The Bertz CT molecular complexity index is 243. The monoisotopic (exact) mass is 324 g/mol. The highest BCUT2D eigenvalue weighted by atomic mass is 14.2. The van der Waals surface area contributed by atoms with Gasteiger partial charge in [0.05, 0.1) is 0 Å². The summed E-state index contributed by atoms with van der Waals surface area (Å²) in [5, 5.41) is 0. The topological polar surface area (TPSA) is 0 Å². The van der Waals surface area contributed by atoms with E-state index >= 15 is 0 Å². The average Bonchev–Trinajstić information content (AvgIpc) is 2.53. The summed E-state index contributed by atoms with van der Waals surface area (Å²) in [7, 11) is 0. The first-order chi connectivity index (χ1) is 10.8. The minimum absolute atomic E-state index is 0. The van der Waals surface area contributed by atoms with Crippen LogP contribution in [-0.4, -0.2) is 0 Å². The Hall–Kier alpha value is -0.780. The number of benzene rings is 1. The van der Waals surface area contributed by atoms with E-state index < -0.39 is 0 Å². The second kappa shape index (κ2) is 29.3. The molecule has 0 unspecified atom stereocenters. The molecule has 0 heterocycles. The molecule has 1 aromatic rings. The summed E-state index contributed by atoms with van der Waals surface area (Å²) in [6.45, 7) is 16.7. The van der Waals surface area contributed by atoms with E-state index in [2.05, 4.69) is 58.0 Å². The van der Waals surface area contributed by atoms with E-state index in [1.807, 2.05) is 27.7 Å². The summed E-state index contributed by atoms with van der Waals surface area (Å²) >= 11 is 0. The molecular formula is C23H48. The fourth-order valence-corrected chi connectivity index (χ4v) is 1.83. The summed E-state index contributed by atoms with van der Waals surface area (Å²) in [5.41, 5.74) is 1.44. The van der Waals surface area contributed by atoms with Crippen LogP contribution in [0.4, 0.5) is 0 Å². The SMILES string of the molecule is C.CC.CC.CCC.CCC1CCC1.CCCc1ccccc1. The molecule has 0 nitrogen and oxygen atoms in total. The predicted molar refractivity (Wildman–Crippen MR) is 113 cm³/mol. The Balaban J connectivity index is -0.000000113. The van der Waals surface area contributed by atoms with Crippen LogP contribution in [0.3, 0.4) is 0 Å². The summed E-state index contributed by atoms with van der Waals surface area (Å²) in [6, 6.07) is 10.6. The third-order valence-corrected chi connectivity index (χ3v) is 3.18. The molecule has 1 aliphatic carbocycles. The van der Waals surface area contributed by atoms with Gasteiger partial charge >= 0.3 is 0 Å². The van der Waals surface area contributed by atoms with E-state index in [1.54, 1.807) is 0 Å². The van der Waals surface area contributed by atoms with Gasteiger partial charge in [-0.15, -0.1) is 0 Å². The zero-order valence-electron chi connectivity index (χ0n) is 16.9. The van der Waals surface area contributed by atoms with Gasteiger partial charge in [-0.25, -0.2) is 0 Å². The summed E-state index contributed by atoms with van der Waals surface area (Å²) < 4.78 is 0. The van der Waals surface area contributed by atoms with Crippen LogP contribution in [0.2, 0.25) is 0 Å². The molecule has 0 heteroatoms. The van der Waals surface area contributed by atoms with Crippen molar-refractivity contribution < 1.29 is 0 Å². The Morgan fingerprint density at radius 3 is 1.48 bits per heavy atom. The molecular weight excluding hydrogens is 276 g/mol. The predicted octanol–water partition coefficient (Wildman–Crippen LogP) is 8.94. The number of aryl methyl sites for hydroxylation is 1. The Morgan fingerprint density at radius 1 is 0.826 bits per heavy atom. The van der Waals surface area contributed by atoms with Crippen LogP contribution in [0.15, 0.2) is 30.3 Å². The van der Waals surface area contributed by atoms with Gasteiger partial charge in [0.1, 0.15) is 0 Å². The van der Waals surface area contributed by atoms with E-state index in [-0.39, 0.29) is 7.43 Å². The highest BCUT2D eigenvalue weighted by molar-refractivity contribution is 5.14. The Kier molecular flexibility index (Phi) is 38.3. The summed E-state index contributed by atoms with van der Waals surface area (Å²) in [6.07, 6.45) is 9.64. The van der Waals surface area contributed by atoms with Gasteiger partial charge in [0.2, 0.25) is 0 Å². The second-order valence-corrected chi connectivity index (χ2v) is 5.15. The zero-order valence-corrected chi connectivity index (χ0v) is 16.9. The number of hydrogen-bond acceptors (Lipinski definition) is 0. The van der Waals surface area contributed by atoms with Gasteiger partial charge in [-0.2, -0.15) is 0 Å². The maximum Gasteiger partial charge on any atom is -0.0281 e. The van der Waals surface area contributed by atoms with Crippen LogP contribution in [0.1, 0.15) is 107 Å². The molecule has 23 heavy (non-hydrogen) atoms. The second-order valence-electron chi connectivity index (χ2n) is 5.15. The van der Waals surface area contributed by atoms with Crippen molar-refractivity contribution in [2.24, 2.45) is 5.92 Å². The molecule has 0 spiro atoms. The fraction of sp³-hybridized carbons (Fsp3) is 0.739. The van der Waals surface area contributed by atoms with Crippen molar-refractivity contribution in [3.05, 3.63) is 35.9 Å². The van der Waals surface area contributed by atoms with Crippen molar-refractivity contribution in [2.75, 3.05) is 0 Å². The molecule has 140 valence electrons. The van der Waals surface area contributed by atoms with Crippen molar-refractivity contribution >= 4 is 0 Å². The van der Waals surface area contributed by atoms with Crippen molar-refractivity contribution in [2.45, 2.75) is 108 Å². The molecule has 0 saturated heterocycles. The van der Waals surface area contributed by atoms with Gasteiger partial charge in [0.15, 0.2) is 0 Å². The molecule has 0 amide bonds. The third-order valence-electron chi connectivity index (χ3n) is 3.18. The normalized spacial score (nSPS) is 11.1. The van der Waals surface area contributed by atoms with Crippen LogP contribution in [0.5, 0.6) is 0 Å². The number of rotatable bonds is 3. The molecule has 0 atom stereocenters. The highest BCUT2D eigenvalue weighted by Crippen LogP contribution is 2.28. The summed E-state index contributed by atoms with van der Waals surface area (Å²) in [4.78, 5) is 0. The van der Waals surface area contributed by atoms with Gasteiger partial charge in [0.25, 0.3) is 0 Å². The first kappa shape index (κ1) is 30.1. The van der Waals surface area contributed by atoms with Crippen molar-refractivity contribution in [1.82, 2.24) is 0 Å². The maximum atomic E-state index is 2.28. The minimum Gasteiger partial charge on any atom is -0.0776 e. The molecule has 1 aromatic carbocycles. The van der Waals surface area contributed by atoms with E-state index in [4.69, 9.17) is 0 Å². The van der Waals surface area contributed by atoms with E-state index in [1.165, 1.54) is 50.5 Å². The minimum atomic E-state index is 0. The van der Waals surface area contributed by atoms with Crippen LogP contribution >= 0.6 is 0 Å². The lowest BCUT2D eigenvalue weighted by molar-refractivity contribution is 0.307. The van der Waals surface area contributed by atoms with Crippen molar-refractivity contribution in [1.29, 1.82) is 0 Å². The molecule has 0 aromatic heterocycles. The van der Waals surface area contributed by atoms with Gasteiger partial charge in [0, 0.05) is 0 Å². The molecule has 1 saturated carbocycles. The first-order valence-electron chi connectivity index (χ1n) is 9.82. The largest absolute Gasteiger partial charge is 0.0776 e. The van der Waals surface area contributed by atoms with Crippen LogP contribution in [0.25, 0.3) is 0 Å². The summed E-state index contributed by atoms with van der Waals surface area (Å²) in [5.74, 6) is 1.12. The molecule has 0 aliphatic heterocycles. The number of hydrogen-bond donors (Lipinski definition) is 0. The lowest BCUT2D eigenvalue weighted by Gasteiger charge is -2.22. The molecule has 1 aliphatic rings. The van der Waals surface area contributed by atoms with E-state index in [0.29, 0.717) is 0 Å². The van der Waals surface area contributed by atoms with E-state index in [9.17, 15) is 0 Å². The molecule has 2 rings (SSSR count). The lowest BCUT2D eigenvalue weighted by Crippen LogP contribution is -2.08. The standard InChI is InChI=1S/C9H12.C6H12.C3H8.2C2H6.CH4/c1-2-6-9-7-4-3-5-8-9;1-2-6-4-3-5-6;1-3-2;2*1-2;/h3-5,7-8H,2,6H2,1H3;6H,2-5H2,1H3;3H2,1-2H3;2*1-2H3;1H4. The zero-order chi connectivity index (χ0) is 17.6. The van der Waals surface area contributed by atoms with Crippen molar-refractivity contribution in [3.8, 4) is 0 Å². The van der Waals surface area contributed by atoms with Gasteiger partial charge in [-0.3, -0.25) is 0 Å². The third kappa shape index (κ3) is 23.6. The van der Waals surface area contributed by atoms with Gasteiger partial charge in [-0.1, -0.05) is 132 Å². The van der Waals surface area contributed by atoms with Crippen molar-refractivity contribution in [3.63, 3.8) is 0 Å². The smallest absolute Gasteiger partial charge is 0.0281 e. The Labute approximate surface area is 150 Å². The van der Waals surface area contributed by atoms with Gasteiger partial charge < -0.3 is 0 Å². The highest BCUT2D eigenvalue weighted by Gasteiger charge is 2.13. The molecule has 0 bridgehead atoms. The molecule has 0 N–H and O–H groups in total. The average molecular weight is 325 g/mol. The van der Waals surface area contributed by atoms with E-state index in [0.717, 1.165) is 5.92 Å². The molecule has 1 fully saturated rings. The van der Waals surface area contributed by atoms with Crippen LogP contribution in [0, 0.1) is 5.92 Å². The molecule has 0 radical (unpaired) electrons. The lowest BCUT2D eigenvalue weighted by atomic mass is 9.84. The van der Waals surface area contributed by atoms with Crippen LogP contribution in [-0.2, 0) is 6.42 Å². The first-order valence-corrected chi connectivity index (χ1v) is 9.82. The van der Waals surface area contributed by atoms with Gasteiger partial charge in [-0.05, 0) is 17.9 Å². The maximum absolute atomic E-state index is 2.28.